The number of hydrogen-bond donors (Lipinski definition) is 0. The first-order valence-corrected chi connectivity index (χ1v) is 12.2. The van der Waals surface area contributed by atoms with Crippen molar-refractivity contribution in [3.05, 3.63) is 126 Å². The van der Waals surface area contributed by atoms with E-state index in [2.05, 4.69) is 5.10 Å². The van der Waals surface area contributed by atoms with Gasteiger partial charge in [0.25, 0.3) is 0 Å². The number of nitrogens with zero attached hydrogens (tertiary/aromatic N) is 5. The van der Waals surface area contributed by atoms with Gasteiger partial charge in [-0.05, 0) is 36.1 Å². The van der Waals surface area contributed by atoms with E-state index in [0.29, 0.717) is 17.5 Å². The lowest BCUT2D eigenvalue weighted by atomic mass is 10.1. The van der Waals surface area contributed by atoms with E-state index in [1.807, 2.05) is 44.2 Å². The molecule has 2 heterocycles. The molecule has 4 aromatic rings. The number of hydrogen-bond acceptors (Lipinski definition) is 5. The molecule has 0 aliphatic rings. The maximum Gasteiger partial charge on any atom is 0.357 e. The fourth-order valence-electron chi connectivity index (χ4n) is 4.19. The summed E-state index contributed by atoms with van der Waals surface area (Å²) in [4.78, 5) is 37.9. The molecular formula is C28H28FN5O4. The third-order valence-electron chi connectivity index (χ3n) is 6.02. The molecule has 2 aromatic heterocycles. The van der Waals surface area contributed by atoms with Crippen LogP contribution in [0.1, 0.15) is 36.2 Å². The fourth-order valence-corrected chi connectivity index (χ4v) is 4.19. The highest BCUT2D eigenvalue weighted by atomic mass is 19.1. The Hall–Kier alpha value is -4.60. The lowest BCUT2D eigenvalue weighted by molar-refractivity contribution is -0.387. The fraction of sp³-hybridized carbons (Fsp3) is 0.250. The SMILES string of the molecule is CC(C)Cn1c(C=Cc2cnn(Cc3ccccc3F)c2)c([N+](=O)[O-])c(=O)n(CCc2ccccc2)c1=O. The van der Waals surface area contributed by atoms with Gasteiger partial charge in [-0.25, -0.2) is 9.18 Å². The van der Waals surface area contributed by atoms with Crippen molar-refractivity contribution < 1.29 is 9.31 Å². The highest BCUT2D eigenvalue weighted by Crippen LogP contribution is 2.18. The van der Waals surface area contributed by atoms with Gasteiger partial charge >= 0.3 is 16.9 Å². The van der Waals surface area contributed by atoms with Crippen LogP contribution in [0.15, 0.2) is 76.6 Å². The summed E-state index contributed by atoms with van der Waals surface area (Å²) in [7, 11) is 0. The topological polar surface area (TPSA) is 105 Å². The first-order chi connectivity index (χ1) is 18.2. The average Bonchev–Trinajstić information content (AvgIpc) is 3.33. The molecule has 0 unspecified atom stereocenters. The van der Waals surface area contributed by atoms with Crippen molar-refractivity contribution in [1.82, 2.24) is 18.9 Å². The molecule has 0 spiro atoms. The van der Waals surface area contributed by atoms with Gasteiger partial charge in [-0.1, -0.05) is 62.4 Å². The lowest BCUT2D eigenvalue weighted by Gasteiger charge is -2.15. The molecule has 0 N–H and O–H groups in total. The molecular weight excluding hydrogens is 489 g/mol. The normalized spacial score (nSPS) is 11.5. The summed E-state index contributed by atoms with van der Waals surface area (Å²) in [5.74, 6) is -0.357. The molecule has 0 saturated heterocycles. The molecule has 0 atom stereocenters. The average molecular weight is 518 g/mol. The molecule has 196 valence electrons. The van der Waals surface area contributed by atoms with Crippen LogP contribution in [0.5, 0.6) is 0 Å². The van der Waals surface area contributed by atoms with Crippen molar-refractivity contribution in [2.24, 2.45) is 5.92 Å². The third-order valence-corrected chi connectivity index (χ3v) is 6.02. The van der Waals surface area contributed by atoms with Crippen LogP contribution in [0, 0.1) is 21.8 Å². The summed E-state index contributed by atoms with van der Waals surface area (Å²) in [6.45, 7) is 4.19. The highest BCUT2D eigenvalue weighted by molar-refractivity contribution is 5.71. The third kappa shape index (κ3) is 6.03. The Morgan fingerprint density at radius 2 is 1.74 bits per heavy atom. The monoisotopic (exact) mass is 517 g/mol. The van der Waals surface area contributed by atoms with Gasteiger partial charge in [0.05, 0.1) is 17.7 Å². The van der Waals surface area contributed by atoms with E-state index in [9.17, 15) is 24.1 Å². The van der Waals surface area contributed by atoms with Crippen molar-refractivity contribution in [2.75, 3.05) is 0 Å². The second-order valence-corrected chi connectivity index (χ2v) is 9.37. The molecule has 0 bridgehead atoms. The van der Waals surface area contributed by atoms with E-state index in [1.54, 1.807) is 30.5 Å². The van der Waals surface area contributed by atoms with Crippen molar-refractivity contribution in [3.8, 4) is 0 Å². The lowest BCUT2D eigenvalue weighted by Crippen LogP contribution is -2.43. The minimum absolute atomic E-state index is 0.0111. The van der Waals surface area contributed by atoms with Gasteiger partial charge < -0.3 is 0 Å². The quantitative estimate of drug-likeness (QED) is 0.229. The van der Waals surface area contributed by atoms with E-state index >= 15 is 0 Å². The Bertz CT molecular complexity index is 1590. The van der Waals surface area contributed by atoms with Crippen molar-refractivity contribution in [2.45, 2.75) is 39.9 Å². The number of rotatable bonds is 10. The van der Waals surface area contributed by atoms with Gasteiger partial charge in [-0.3, -0.25) is 28.7 Å². The predicted octanol–water partition coefficient (Wildman–Crippen LogP) is 4.37. The maximum atomic E-state index is 14.0. The molecule has 0 radical (unpaired) electrons. The molecule has 2 aromatic carbocycles. The minimum atomic E-state index is -0.939. The van der Waals surface area contributed by atoms with Crippen molar-refractivity contribution in [1.29, 1.82) is 0 Å². The molecule has 10 heteroatoms. The zero-order chi connectivity index (χ0) is 27.2. The van der Waals surface area contributed by atoms with Crippen LogP contribution in [-0.4, -0.2) is 23.8 Å². The van der Waals surface area contributed by atoms with Gasteiger partial charge in [-0.2, -0.15) is 5.10 Å². The van der Waals surface area contributed by atoms with E-state index in [-0.39, 0.29) is 37.1 Å². The first-order valence-electron chi connectivity index (χ1n) is 12.2. The Kier molecular flexibility index (Phi) is 8.10. The first kappa shape index (κ1) is 26.5. The smallest absolute Gasteiger partial charge is 0.287 e. The standard InChI is InChI=1S/C28H28FN5O4/c1-20(2)17-33-25(13-12-22-16-30-31(18-22)19-23-10-6-7-11-24(23)29)26(34(37)38)27(35)32(28(33)36)15-14-21-8-4-3-5-9-21/h3-13,16,18,20H,14-15,17,19H2,1-2H3. The Balaban J connectivity index is 1.71. The van der Waals surface area contributed by atoms with Gasteiger partial charge in [0, 0.05) is 30.4 Å². The van der Waals surface area contributed by atoms with Crippen LogP contribution < -0.4 is 11.2 Å². The highest BCUT2D eigenvalue weighted by Gasteiger charge is 2.26. The molecule has 9 nitrogen and oxygen atoms in total. The zero-order valence-corrected chi connectivity index (χ0v) is 21.2. The number of aryl methyl sites for hydroxylation is 1. The summed E-state index contributed by atoms with van der Waals surface area (Å²) in [6, 6.07) is 15.7. The number of benzene rings is 2. The maximum absolute atomic E-state index is 14.0. The summed E-state index contributed by atoms with van der Waals surface area (Å²) in [5, 5.41) is 16.3. The van der Waals surface area contributed by atoms with Crippen LogP contribution in [0.25, 0.3) is 12.2 Å². The molecule has 0 amide bonds. The van der Waals surface area contributed by atoms with Gasteiger partial charge in [0.2, 0.25) is 0 Å². The summed E-state index contributed by atoms with van der Waals surface area (Å²) < 4.78 is 17.8. The van der Waals surface area contributed by atoms with Gasteiger partial charge in [0.15, 0.2) is 0 Å². The number of nitro groups is 1. The molecule has 0 aliphatic heterocycles. The van der Waals surface area contributed by atoms with Crippen LogP contribution in [0.4, 0.5) is 10.1 Å². The van der Waals surface area contributed by atoms with Crippen LogP contribution in [0.3, 0.4) is 0 Å². The van der Waals surface area contributed by atoms with Crippen molar-refractivity contribution >= 4 is 17.8 Å². The zero-order valence-electron chi connectivity index (χ0n) is 21.2. The number of halogens is 1. The second kappa shape index (κ2) is 11.6. The molecule has 4 rings (SSSR count). The van der Waals surface area contributed by atoms with Crippen molar-refractivity contribution in [3.63, 3.8) is 0 Å². The number of aromatic nitrogens is 4. The summed E-state index contributed by atoms with van der Waals surface area (Å²) >= 11 is 0. The Labute approximate surface area is 218 Å². The van der Waals surface area contributed by atoms with E-state index < -0.39 is 21.9 Å². The van der Waals surface area contributed by atoms with E-state index in [0.717, 1.165) is 10.1 Å². The largest absolute Gasteiger partial charge is 0.357 e. The molecule has 38 heavy (non-hydrogen) atoms. The van der Waals surface area contributed by atoms with Crippen LogP contribution in [-0.2, 0) is 26.1 Å². The molecule has 0 aliphatic carbocycles. The Morgan fingerprint density at radius 3 is 2.42 bits per heavy atom. The Morgan fingerprint density at radius 1 is 1.03 bits per heavy atom. The second-order valence-electron chi connectivity index (χ2n) is 9.37. The molecule has 0 saturated carbocycles. The van der Waals surface area contributed by atoms with Crippen LogP contribution >= 0.6 is 0 Å². The molecule has 0 fully saturated rings. The minimum Gasteiger partial charge on any atom is -0.287 e. The summed E-state index contributed by atoms with van der Waals surface area (Å²) in [5.41, 5.74) is -0.317. The predicted molar refractivity (Wildman–Crippen MR) is 143 cm³/mol. The van der Waals surface area contributed by atoms with E-state index in [1.165, 1.54) is 27.6 Å². The van der Waals surface area contributed by atoms with E-state index in [4.69, 9.17) is 0 Å². The van der Waals surface area contributed by atoms with Gasteiger partial charge in [0.1, 0.15) is 11.5 Å². The summed E-state index contributed by atoms with van der Waals surface area (Å²) in [6.07, 6.45) is 6.51. The van der Waals surface area contributed by atoms with Gasteiger partial charge in [-0.15, -0.1) is 0 Å². The van der Waals surface area contributed by atoms with Crippen LogP contribution in [0.2, 0.25) is 0 Å².